The van der Waals surface area contributed by atoms with E-state index in [0.717, 1.165) is 36.8 Å². The number of amides is 1. The lowest BCUT2D eigenvalue weighted by molar-refractivity contribution is -0.119. The zero-order chi connectivity index (χ0) is 15.2. The normalized spacial score (nSPS) is 11.7. The van der Waals surface area contributed by atoms with E-state index in [2.05, 4.69) is 33.9 Å². The van der Waals surface area contributed by atoms with Crippen LogP contribution in [0.1, 0.15) is 53.3 Å². The van der Waals surface area contributed by atoms with Gasteiger partial charge in [0.1, 0.15) is 5.82 Å². The van der Waals surface area contributed by atoms with Crippen LogP contribution in [0.3, 0.4) is 0 Å². The number of aryl methyl sites for hydroxylation is 1. The molecule has 0 radical (unpaired) electrons. The molecule has 0 bridgehead atoms. The Bertz CT molecular complexity index is 437. The van der Waals surface area contributed by atoms with Crippen molar-refractivity contribution >= 4 is 17.7 Å². The Hall–Kier alpha value is -1.04. The number of rotatable bonds is 7. The molecular formula is C14H26N4OS. The lowest BCUT2D eigenvalue weighted by Gasteiger charge is -2.20. The predicted octanol–water partition coefficient (Wildman–Crippen LogP) is 2.65. The van der Waals surface area contributed by atoms with Crippen LogP contribution in [0.25, 0.3) is 0 Å². The summed E-state index contributed by atoms with van der Waals surface area (Å²) >= 11 is 1.45. The number of carbonyl (C=O) groups excluding carboxylic acids is 1. The average Bonchev–Trinajstić information content (AvgIpc) is 2.73. The van der Waals surface area contributed by atoms with Crippen molar-refractivity contribution < 1.29 is 4.79 Å². The fourth-order valence-corrected chi connectivity index (χ4v) is 2.67. The van der Waals surface area contributed by atoms with Gasteiger partial charge in [0.25, 0.3) is 0 Å². The molecule has 0 saturated carbocycles. The number of carbonyl (C=O) groups is 1. The van der Waals surface area contributed by atoms with Crippen LogP contribution in [0.5, 0.6) is 0 Å². The summed E-state index contributed by atoms with van der Waals surface area (Å²) in [7, 11) is 0. The summed E-state index contributed by atoms with van der Waals surface area (Å²) in [5, 5.41) is 12.2. The van der Waals surface area contributed by atoms with Crippen LogP contribution < -0.4 is 5.32 Å². The van der Waals surface area contributed by atoms with E-state index >= 15 is 0 Å². The number of hydrogen-bond acceptors (Lipinski definition) is 4. The lowest BCUT2D eigenvalue weighted by Crippen LogP contribution is -2.41. The van der Waals surface area contributed by atoms with Gasteiger partial charge in [-0.3, -0.25) is 4.79 Å². The Kier molecular flexibility index (Phi) is 6.52. The van der Waals surface area contributed by atoms with Crippen LogP contribution in [0.4, 0.5) is 0 Å². The van der Waals surface area contributed by atoms with Gasteiger partial charge >= 0.3 is 0 Å². The van der Waals surface area contributed by atoms with Gasteiger partial charge in [0.2, 0.25) is 5.91 Å². The second kappa shape index (κ2) is 7.67. The SMILES string of the molecule is CCCCc1nnc(SCC(=O)NC(C)(C)C)n1CC. The molecule has 20 heavy (non-hydrogen) atoms. The molecule has 0 fully saturated rings. The van der Waals surface area contributed by atoms with Gasteiger partial charge in [-0.15, -0.1) is 10.2 Å². The molecule has 1 rings (SSSR count). The number of aromatic nitrogens is 3. The third-order valence-corrected chi connectivity index (χ3v) is 3.68. The van der Waals surface area contributed by atoms with Gasteiger partial charge in [0.15, 0.2) is 5.16 Å². The van der Waals surface area contributed by atoms with Gasteiger partial charge in [0, 0.05) is 18.5 Å². The van der Waals surface area contributed by atoms with Gasteiger partial charge in [-0.2, -0.15) is 0 Å². The Morgan fingerprint density at radius 1 is 1.30 bits per heavy atom. The molecule has 1 N–H and O–H groups in total. The molecule has 1 heterocycles. The molecule has 0 unspecified atom stereocenters. The van der Waals surface area contributed by atoms with Crippen molar-refractivity contribution in [3.8, 4) is 0 Å². The predicted molar refractivity (Wildman–Crippen MR) is 82.9 cm³/mol. The summed E-state index contributed by atoms with van der Waals surface area (Å²) in [4.78, 5) is 11.8. The van der Waals surface area contributed by atoms with E-state index in [4.69, 9.17) is 0 Å². The molecule has 0 aromatic carbocycles. The fourth-order valence-electron chi connectivity index (χ4n) is 1.85. The van der Waals surface area contributed by atoms with Gasteiger partial charge in [-0.25, -0.2) is 0 Å². The molecule has 5 nitrogen and oxygen atoms in total. The second-order valence-electron chi connectivity index (χ2n) is 5.83. The highest BCUT2D eigenvalue weighted by atomic mass is 32.2. The minimum absolute atomic E-state index is 0.0308. The van der Waals surface area contributed by atoms with Crippen LogP contribution in [-0.2, 0) is 17.8 Å². The number of thioether (sulfide) groups is 1. The molecule has 0 aliphatic heterocycles. The summed E-state index contributed by atoms with van der Waals surface area (Å²) in [5.74, 6) is 1.43. The third-order valence-electron chi connectivity index (χ3n) is 2.71. The highest BCUT2D eigenvalue weighted by Crippen LogP contribution is 2.18. The summed E-state index contributed by atoms with van der Waals surface area (Å²) in [5.41, 5.74) is -0.192. The molecule has 1 aromatic heterocycles. The lowest BCUT2D eigenvalue weighted by atomic mass is 10.1. The molecule has 0 saturated heterocycles. The van der Waals surface area contributed by atoms with E-state index in [1.54, 1.807) is 0 Å². The van der Waals surface area contributed by atoms with Crippen molar-refractivity contribution in [2.24, 2.45) is 0 Å². The van der Waals surface area contributed by atoms with Crippen molar-refractivity contribution in [3.63, 3.8) is 0 Å². The van der Waals surface area contributed by atoms with Crippen molar-refractivity contribution in [2.45, 2.75) is 71.1 Å². The average molecular weight is 298 g/mol. The van der Waals surface area contributed by atoms with Gasteiger partial charge in [0.05, 0.1) is 5.75 Å². The van der Waals surface area contributed by atoms with Crippen LogP contribution in [0.15, 0.2) is 5.16 Å². The maximum atomic E-state index is 11.8. The minimum atomic E-state index is -0.192. The van der Waals surface area contributed by atoms with Gasteiger partial charge in [-0.05, 0) is 34.1 Å². The standard InChI is InChI=1S/C14H26N4OS/c1-6-8-9-11-16-17-13(18(11)7-2)20-10-12(19)15-14(3,4)5/h6-10H2,1-5H3,(H,15,19). The van der Waals surface area contributed by atoms with Gasteiger partial charge < -0.3 is 9.88 Å². The molecule has 114 valence electrons. The van der Waals surface area contributed by atoms with Crippen LogP contribution >= 0.6 is 11.8 Å². The Labute approximate surface area is 125 Å². The van der Waals surface area contributed by atoms with Crippen molar-refractivity contribution in [1.82, 2.24) is 20.1 Å². The van der Waals surface area contributed by atoms with Crippen molar-refractivity contribution in [3.05, 3.63) is 5.82 Å². The van der Waals surface area contributed by atoms with Crippen molar-refractivity contribution in [1.29, 1.82) is 0 Å². The second-order valence-corrected chi connectivity index (χ2v) is 6.78. The van der Waals surface area contributed by atoms with Crippen LogP contribution in [0, 0.1) is 0 Å². The highest BCUT2D eigenvalue weighted by Gasteiger charge is 2.16. The molecule has 0 spiro atoms. The molecule has 1 amide bonds. The van der Waals surface area contributed by atoms with Gasteiger partial charge in [-0.1, -0.05) is 25.1 Å². The first-order valence-corrected chi connectivity index (χ1v) is 8.21. The Balaban J connectivity index is 2.59. The molecular weight excluding hydrogens is 272 g/mol. The maximum absolute atomic E-state index is 11.8. The maximum Gasteiger partial charge on any atom is 0.230 e. The molecule has 0 aliphatic carbocycles. The first-order valence-electron chi connectivity index (χ1n) is 7.23. The van der Waals surface area contributed by atoms with Crippen LogP contribution in [0.2, 0.25) is 0 Å². The number of hydrogen-bond donors (Lipinski definition) is 1. The Morgan fingerprint density at radius 2 is 2.00 bits per heavy atom. The van der Waals surface area contributed by atoms with Crippen molar-refractivity contribution in [2.75, 3.05) is 5.75 Å². The summed E-state index contributed by atoms with van der Waals surface area (Å²) in [6.07, 6.45) is 3.21. The van der Waals surface area contributed by atoms with E-state index in [0.29, 0.717) is 5.75 Å². The van der Waals surface area contributed by atoms with E-state index in [9.17, 15) is 4.79 Å². The molecule has 0 aliphatic rings. The fraction of sp³-hybridized carbons (Fsp3) is 0.786. The Morgan fingerprint density at radius 3 is 2.55 bits per heavy atom. The molecule has 0 atom stereocenters. The highest BCUT2D eigenvalue weighted by molar-refractivity contribution is 7.99. The van der Waals surface area contributed by atoms with E-state index < -0.39 is 0 Å². The quantitative estimate of drug-likeness (QED) is 0.786. The van der Waals surface area contributed by atoms with Crippen LogP contribution in [-0.4, -0.2) is 32.0 Å². The summed E-state index contributed by atoms with van der Waals surface area (Å²) in [6.45, 7) is 11.0. The topological polar surface area (TPSA) is 59.8 Å². The van der Waals surface area contributed by atoms with E-state index in [1.165, 1.54) is 11.8 Å². The number of nitrogens with zero attached hydrogens (tertiary/aromatic N) is 3. The monoisotopic (exact) mass is 298 g/mol. The molecule has 1 aromatic rings. The first kappa shape index (κ1) is 17.0. The smallest absolute Gasteiger partial charge is 0.230 e. The third kappa shape index (κ3) is 5.53. The first-order chi connectivity index (χ1) is 9.37. The van der Waals surface area contributed by atoms with E-state index in [-0.39, 0.29) is 11.4 Å². The zero-order valence-electron chi connectivity index (χ0n) is 13.2. The number of unbranched alkanes of at least 4 members (excludes halogenated alkanes) is 1. The zero-order valence-corrected chi connectivity index (χ0v) is 14.0. The summed E-state index contributed by atoms with van der Waals surface area (Å²) in [6, 6.07) is 0. The minimum Gasteiger partial charge on any atom is -0.351 e. The van der Waals surface area contributed by atoms with E-state index in [1.807, 2.05) is 20.8 Å². The molecule has 6 heteroatoms. The summed E-state index contributed by atoms with van der Waals surface area (Å²) < 4.78 is 2.10. The largest absolute Gasteiger partial charge is 0.351 e. The number of nitrogens with one attached hydrogen (secondary N) is 1.